The van der Waals surface area contributed by atoms with Crippen LogP contribution in [0.25, 0.3) is 10.6 Å². The molecule has 4 heteroatoms. The third kappa shape index (κ3) is 3.38. The van der Waals surface area contributed by atoms with Crippen LogP contribution >= 0.6 is 11.3 Å². The molecule has 0 aliphatic carbocycles. The molecule has 1 aromatic heterocycles. The van der Waals surface area contributed by atoms with Gasteiger partial charge in [0, 0.05) is 16.5 Å². The molecule has 3 nitrogen and oxygen atoms in total. The minimum Gasteiger partial charge on any atom is -0.494 e. The van der Waals surface area contributed by atoms with Gasteiger partial charge in [-0.3, -0.25) is 0 Å². The van der Waals surface area contributed by atoms with Crippen LogP contribution in [0.5, 0.6) is 5.75 Å². The number of hydrogen-bond donors (Lipinski definition) is 1. The molecule has 0 fully saturated rings. The molecule has 0 aliphatic rings. The highest BCUT2D eigenvalue weighted by molar-refractivity contribution is 7.15. The standard InChI is InChI=1S/C16H22N2OS/c1-5-17-11(3)15-12(4)18-16(20-15)13-7-9-14(10-8-13)19-6-2/h7-11,17H,5-6H2,1-4H3. The third-order valence-corrected chi connectivity index (χ3v) is 4.54. The van der Waals surface area contributed by atoms with Crippen LogP contribution in [0.2, 0.25) is 0 Å². The molecule has 0 amide bonds. The molecule has 0 radical (unpaired) electrons. The highest BCUT2D eigenvalue weighted by Crippen LogP contribution is 2.32. The second-order valence-electron chi connectivity index (χ2n) is 4.71. The molecule has 1 N–H and O–H groups in total. The van der Waals surface area contributed by atoms with Crippen LogP contribution in [0.3, 0.4) is 0 Å². The summed E-state index contributed by atoms with van der Waals surface area (Å²) in [4.78, 5) is 6.01. The summed E-state index contributed by atoms with van der Waals surface area (Å²) in [5.74, 6) is 0.908. The van der Waals surface area contributed by atoms with Gasteiger partial charge in [-0.25, -0.2) is 4.98 Å². The Kier molecular flexibility index (Phi) is 5.15. The fraction of sp³-hybridized carbons (Fsp3) is 0.438. The van der Waals surface area contributed by atoms with Crippen molar-refractivity contribution in [2.45, 2.75) is 33.7 Å². The van der Waals surface area contributed by atoms with Gasteiger partial charge in [0.05, 0.1) is 12.3 Å². The molecule has 0 bridgehead atoms. The zero-order valence-corrected chi connectivity index (χ0v) is 13.4. The summed E-state index contributed by atoms with van der Waals surface area (Å²) in [5.41, 5.74) is 2.27. The first-order valence-corrected chi connectivity index (χ1v) is 7.91. The van der Waals surface area contributed by atoms with Gasteiger partial charge in [-0.05, 0) is 51.6 Å². The van der Waals surface area contributed by atoms with Crippen molar-refractivity contribution in [2.75, 3.05) is 13.2 Å². The lowest BCUT2D eigenvalue weighted by molar-refractivity contribution is 0.340. The van der Waals surface area contributed by atoms with Crippen molar-refractivity contribution in [1.29, 1.82) is 0 Å². The van der Waals surface area contributed by atoms with E-state index in [1.807, 2.05) is 19.1 Å². The van der Waals surface area contributed by atoms with Gasteiger partial charge >= 0.3 is 0 Å². The lowest BCUT2D eigenvalue weighted by Gasteiger charge is -2.09. The van der Waals surface area contributed by atoms with E-state index in [0.29, 0.717) is 12.6 Å². The molecule has 20 heavy (non-hydrogen) atoms. The normalized spacial score (nSPS) is 12.4. The van der Waals surface area contributed by atoms with Crippen molar-refractivity contribution in [2.24, 2.45) is 0 Å². The Labute approximate surface area is 125 Å². The summed E-state index contributed by atoms with van der Waals surface area (Å²) in [6, 6.07) is 8.51. The lowest BCUT2D eigenvalue weighted by Crippen LogP contribution is -2.17. The highest BCUT2D eigenvalue weighted by atomic mass is 32.1. The Bertz CT molecular complexity index is 548. The molecule has 1 heterocycles. The second kappa shape index (κ2) is 6.86. The molecule has 2 aromatic rings. The van der Waals surface area contributed by atoms with Gasteiger partial charge in [-0.1, -0.05) is 6.92 Å². The maximum atomic E-state index is 5.47. The lowest BCUT2D eigenvalue weighted by atomic mass is 10.2. The van der Waals surface area contributed by atoms with Gasteiger partial charge in [0.15, 0.2) is 0 Å². The maximum Gasteiger partial charge on any atom is 0.123 e. The smallest absolute Gasteiger partial charge is 0.123 e. The fourth-order valence-electron chi connectivity index (χ4n) is 2.19. The highest BCUT2D eigenvalue weighted by Gasteiger charge is 2.14. The molecule has 0 saturated heterocycles. The summed E-state index contributed by atoms with van der Waals surface area (Å²) >= 11 is 1.77. The predicted molar refractivity (Wildman–Crippen MR) is 85.5 cm³/mol. The number of aryl methyl sites for hydroxylation is 1. The summed E-state index contributed by atoms with van der Waals surface area (Å²) in [7, 11) is 0. The van der Waals surface area contributed by atoms with Crippen molar-refractivity contribution in [3.05, 3.63) is 34.8 Å². The van der Waals surface area contributed by atoms with E-state index >= 15 is 0 Å². The molecule has 0 aliphatic heterocycles. The van der Waals surface area contributed by atoms with Gasteiger partial charge in [-0.2, -0.15) is 0 Å². The maximum absolute atomic E-state index is 5.47. The number of aromatic nitrogens is 1. The molecule has 1 unspecified atom stereocenters. The Morgan fingerprint density at radius 2 is 1.95 bits per heavy atom. The number of thiazole rings is 1. The van der Waals surface area contributed by atoms with Gasteiger partial charge in [0.2, 0.25) is 0 Å². The first-order valence-electron chi connectivity index (χ1n) is 7.09. The second-order valence-corrected chi connectivity index (χ2v) is 5.74. The number of nitrogens with zero attached hydrogens (tertiary/aromatic N) is 1. The average Bonchev–Trinajstić information content (AvgIpc) is 2.82. The van der Waals surface area contributed by atoms with Crippen LogP contribution in [0, 0.1) is 6.92 Å². The van der Waals surface area contributed by atoms with Crippen molar-refractivity contribution in [3.63, 3.8) is 0 Å². The van der Waals surface area contributed by atoms with Crippen molar-refractivity contribution < 1.29 is 4.74 Å². The molecule has 1 aromatic carbocycles. The average molecular weight is 290 g/mol. The van der Waals surface area contributed by atoms with E-state index in [0.717, 1.165) is 28.6 Å². The van der Waals surface area contributed by atoms with E-state index in [2.05, 4.69) is 38.2 Å². The molecule has 0 saturated carbocycles. The van der Waals surface area contributed by atoms with Crippen LogP contribution in [0.15, 0.2) is 24.3 Å². The minimum absolute atomic E-state index is 0.356. The van der Waals surface area contributed by atoms with Gasteiger partial charge in [0.1, 0.15) is 10.8 Å². The monoisotopic (exact) mass is 290 g/mol. The number of nitrogens with one attached hydrogen (secondary N) is 1. The van der Waals surface area contributed by atoms with Gasteiger partial charge in [-0.15, -0.1) is 11.3 Å². The third-order valence-electron chi connectivity index (χ3n) is 3.15. The Hall–Kier alpha value is -1.39. The molecular formula is C16H22N2OS. The molecule has 2 rings (SSSR count). The van der Waals surface area contributed by atoms with E-state index in [-0.39, 0.29) is 0 Å². The van der Waals surface area contributed by atoms with Crippen LogP contribution in [-0.2, 0) is 0 Å². The predicted octanol–water partition coefficient (Wildman–Crippen LogP) is 4.19. The van der Waals surface area contributed by atoms with Crippen LogP contribution in [-0.4, -0.2) is 18.1 Å². The largest absolute Gasteiger partial charge is 0.494 e. The SMILES string of the molecule is CCNC(C)c1sc(-c2ccc(OCC)cc2)nc1C. The summed E-state index contributed by atoms with van der Waals surface area (Å²) in [6.45, 7) is 10.0. The fourth-order valence-corrected chi connectivity index (χ4v) is 3.29. The topological polar surface area (TPSA) is 34.1 Å². The van der Waals surface area contributed by atoms with E-state index in [4.69, 9.17) is 9.72 Å². The summed E-state index contributed by atoms with van der Waals surface area (Å²) < 4.78 is 5.47. The number of ether oxygens (including phenoxy) is 1. The first-order chi connectivity index (χ1) is 9.65. The van der Waals surface area contributed by atoms with Gasteiger partial charge in [0.25, 0.3) is 0 Å². The van der Waals surface area contributed by atoms with E-state index in [1.165, 1.54) is 4.88 Å². The van der Waals surface area contributed by atoms with Crippen LogP contribution < -0.4 is 10.1 Å². The quantitative estimate of drug-likeness (QED) is 0.866. The molecule has 1 atom stereocenters. The Morgan fingerprint density at radius 1 is 1.25 bits per heavy atom. The molecular weight excluding hydrogens is 268 g/mol. The van der Waals surface area contributed by atoms with E-state index in [9.17, 15) is 0 Å². The summed E-state index contributed by atoms with van der Waals surface area (Å²) in [6.07, 6.45) is 0. The van der Waals surface area contributed by atoms with Crippen molar-refractivity contribution in [3.8, 4) is 16.3 Å². The Balaban J connectivity index is 2.22. The number of rotatable bonds is 6. The zero-order chi connectivity index (χ0) is 14.5. The van der Waals surface area contributed by atoms with E-state index in [1.54, 1.807) is 11.3 Å². The first kappa shape index (κ1) is 15.0. The minimum atomic E-state index is 0.356. The van der Waals surface area contributed by atoms with Crippen LogP contribution in [0.4, 0.5) is 0 Å². The van der Waals surface area contributed by atoms with Crippen LogP contribution in [0.1, 0.15) is 37.4 Å². The molecule has 0 spiro atoms. The summed E-state index contributed by atoms with van der Waals surface area (Å²) in [5, 5.41) is 4.52. The Morgan fingerprint density at radius 3 is 2.55 bits per heavy atom. The number of hydrogen-bond acceptors (Lipinski definition) is 4. The van der Waals surface area contributed by atoms with Crippen molar-refractivity contribution in [1.82, 2.24) is 10.3 Å². The zero-order valence-electron chi connectivity index (χ0n) is 12.6. The van der Waals surface area contributed by atoms with Gasteiger partial charge < -0.3 is 10.1 Å². The van der Waals surface area contributed by atoms with Crippen molar-refractivity contribution >= 4 is 11.3 Å². The molecule has 108 valence electrons. The number of benzene rings is 1. The van der Waals surface area contributed by atoms with E-state index < -0.39 is 0 Å².